The molecule has 3 nitrogen and oxygen atoms in total. The number of carbonyl (C=O) groups is 1. The van der Waals surface area contributed by atoms with E-state index in [9.17, 15) is 4.79 Å². The quantitative estimate of drug-likeness (QED) is 0.570. The Bertz CT molecular complexity index is 308. The third-order valence-corrected chi connectivity index (χ3v) is 3.69. The van der Waals surface area contributed by atoms with Gasteiger partial charge in [0.2, 0.25) is 0 Å². The Balaban J connectivity index is 2.59. The predicted molar refractivity (Wildman–Crippen MR) is 77.8 cm³/mol. The molecule has 1 rings (SSSR count). The summed E-state index contributed by atoms with van der Waals surface area (Å²) in [6.07, 6.45) is 6.62. The number of rotatable bonds is 7. The topological polar surface area (TPSA) is 32.3 Å². The first-order valence-electron chi connectivity index (χ1n) is 6.16. The van der Waals surface area contributed by atoms with Crippen LogP contribution in [0.25, 0.3) is 0 Å². The van der Waals surface area contributed by atoms with Gasteiger partial charge in [0.1, 0.15) is 4.32 Å². The molecule has 0 aromatic heterocycles. The second-order valence-corrected chi connectivity index (χ2v) is 5.80. The minimum Gasteiger partial charge on any atom is -0.376 e. The SMILES string of the molecule is CCCCN(/C=C1\SC(=S)NC1=O)CCCC. The van der Waals surface area contributed by atoms with E-state index in [-0.39, 0.29) is 5.91 Å². The lowest BCUT2D eigenvalue weighted by Gasteiger charge is -2.20. The minimum absolute atomic E-state index is 0.0574. The molecule has 1 fully saturated rings. The number of thioether (sulfide) groups is 1. The molecule has 0 aromatic carbocycles. The molecule has 0 spiro atoms. The maximum atomic E-state index is 11.6. The van der Waals surface area contributed by atoms with Gasteiger partial charge < -0.3 is 10.2 Å². The number of nitrogens with zero attached hydrogens (tertiary/aromatic N) is 1. The van der Waals surface area contributed by atoms with Crippen molar-refractivity contribution in [3.63, 3.8) is 0 Å². The molecule has 0 aliphatic carbocycles. The van der Waals surface area contributed by atoms with Gasteiger partial charge in [0.15, 0.2) is 0 Å². The van der Waals surface area contributed by atoms with Crippen LogP contribution < -0.4 is 5.32 Å². The highest BCUT2D eigenvalue weighted by molar-refractivity contribution is 8.26. The predicted octanol–water partition coefficient (Wildman–Crippen LogP) is 2.88. The Hall–Kier alpha value is -0.550. The summed E-state index contributed by atoms with van der Waals surface area (Å²) < 4.78 is 0.562. The first kappa shape index (κ1) is 14.5. The Kier molecular flexibility index (Phi) is 6.58. The van der Waals surface area contributed by atoms with Crippen LogP contribution >= 0.6 is 24.0 Å². The van der Waals surface area contributed by atoms with Gasteiger partial charge in [-0.05, 0) is 12.8 Å². The zero-order valence-corrected chi connectivity index (χ0v) is 12.1. The molecule has 0 radical (unpaired) electrons. The summed E-state index contributed by atoms with van der Waals surface area (Å²) in [5, 5.41) is 2.64. The Morgan fingerprint density at radius 1 is 1.29 bits per heavy atom. The summed E-state index contributed by atoms with van der Waals surface area (Å²) in [4.78, 5) is 14.5. The molecule has 1 heterocycles. The fourth-order valence-electron chi connectivity index (χ4n) is 1.54. The second-order valence-electron chi connectivity index (χ2n) is 4.08. The van der Waals surface area contributed by atoms with E-state index < -0.39 is 0 Å². The third-order valence-electron chi connectivity index (χ3n) is 2.54. The van der Waals surface area contributed by atoms with Crippen LogP contribution in [0.1, 0.15) is 39.5 Å². The van der Waals surface area contributed by atoms with E-state index in [2.05, 4.69) is 24.1 Å². The highest BCUT2D eigenvalue weighted by atomic mass is 32.2. The van der Waals surface area contributed by atoms with Crippen molar-refractivity contribution in [3.05, 3.63) is 11.1 Å². The van der Waals surface area contributed by atoms with Crippen molar-refractivity contribution in [2.24, 2.45) is 0 Å². The lowest BCUT2D eigenvalue weighted by molar-refractivity contribution is -0.115. The molecule has 0 saturated carbocycles. The van der Waals surface area contributed by atoms with E-state index >= 15 is 0 Å². The zero-order valence-electron chi connectivity index (χ0n) is 10.5. The summed E-state index contributed by atoms with van der Waals surface area (Å²) in [5.74, 6) is -0.0574. The molecule has 1 N–H and O–H groups in total. The largest absolute Gasteiger partial charge is 0.376 e. The maximum absolute atomic E-state index is 11.6. The van der Waals surface area contributed by atoms with Crippen LogP contribution in [0.15, 0.2) is 11.1 Å². The molecule has 17 heavy (non-hydrogen) atoms. The molecule has 5 heteroatoms. The van der Waals surface area contributed by atoms with E-state index in [1.54, 1.807) is 0 Å². The summed E-state index contributed by atoms with van der Waals surface area (Å²) >= 11 is 6.33. The van der Waals surface area contributed by atoms with E-state index in [1.807, 2.05) is 6.20 Å². The van der Waals surface area contributed by atoms with E-state index in [4.69, 9.17) is 12.2 Å². The smallest absolute Gasteiger partial charge is 0.265 e. The standard InChI is InChI=1S/C12H20N2OS2/c1-3-5-7-14(8-6-4-2)9-10-11(15)13-12(16)17-10/h9H,3-8H2,1-2H3,(H,13,15,16)/b10-9-. The molecule has 1 aliphatic heterocycles. The minimum atomic E-state index is -0.0574. The molecule has 0 atom stereocenters. The van der Waals surface area contributed by atoms with Crippen molar-refractivity contribution in [3.8, 4) is 0 Å². The van der Waals surface area contributed by atoms with Gasteiger partial charge >= 0.3 is 0 Å². The molecule has 0 bridgehead atoms. The van der Waals surface area contributed by atoms with Gasteiger partial charge in [-0.3, -0.25) is 4.79 Å². The molecule has 1 saturated heterocycles. The van der Waals surface area contributed by atoms with Crippen molar-refractivity contribution >= 4 is 34.2 Å². The van der Waals surface area contributed by atoms with Crippen LogP contribution in [0.4, 0.5) is 0 Å². The molecular formula is C12H20N2OS2. The molecule has 1 amide bonds. The molecule has 0 unspecified atom stereocenters. The Labute approximate surface area is 113 Å². The number of carbonyl (C=O) groups excluding carboxylic acids is 1. The van der Waals surface area contributed by atoms with Crippen molar-refractivity contribution in [1.29, 1.82) is 0 Å². The van der Waals surface area contributed by atoms with Crippen LogP contribution in [0.3, 0.4) is 0 Å². The van der Waals surface area contributed by atoms with Gasteiger partial charge in [-0.15, -0.1) is 0 Å². The van der Waals surface area contributed by atoms with Gasteiger partial charge in [0.25, 0.3) is 5.91 Å². The number of nitrogens with one attached hydrogen (secondary N) is 1. The van der Waals surface area contributed by atoms with Gasteiger partial charge in [-0.1, -0.05) is 50.7 Å². The number of amides is 1. The monoisotopic (exact) mass is 272 g/mol. The average molecular weight is 272 g/mol. The normalized spacial score (nSPS) is 17.6. The van der Waals surface area contributed by atoms with Crippen molar-refractivity contribution < 1.29 is 4.79 Å². The molecule has 1 aliphatic rings. The number of unbranched alkanes of at least 4 members (excludes halogenated alkanes) is 2. The number of hydrogen-bond acceptors (Lipinski definition) is 4. The fourth-order valence-corrected chi connectivity index (χ4v) is 2.59. The fraction of sp³-hybridized carbons (Fsp3) is 0.667. The van der Waals surface area contributed by atoms with Crippen LogP contribution in [0.5, 0.6) is 0 Å². The summed E-state index contributed by atoms with van der Waals surface area (Å²) in [7, 11) is 0. The summed E-state index contributed by atoms with van der Waals surface area (Å²) in [6, 6.07) is 0. The Morgan fingerprint density at radius 3 is 2.29 bits per heavy atom. The van der Waals surface area contributed by atoms with Crippen molar-refractivity contribution in [2.75, 3.05) is 13.1 Å². The Morgan fingerprint density at radius 2 is 1.88 bits per heavy atom. The summed E-state index contributed by atoms with van der Waals surface area (Å²) in [5.41, 5.74) is 0. The highest BCUT2D eigenvalue weighted by Crippen LogP contribution is 2.24. The van der Waals surface area contributed by atoms with Crippen LogP contribution in [0.2, 0.25) is 0 Å². The number of thiocarbonyl (C=S) groups is 1. The first-order chi connectivity index (χ1) is 8.17. The molecule has 0 aromatic rings. The average Bonchev–Trinajstić information content (AvgIpc) is 2.61. The van der Waals surface area contributed by atoms with E-state index in [0.717, 1.165) is 30.8 Å². The van der Waals surface area contributed by atoms with Crippen molar-refractivity contribution in [2.45, 2.75) is 39.5 Å². The van der Waals surface area contributed by atoms with Crippen molar-refractivity contribution in [1.82, 2.24) is 10.2 Å². The van der Waals surface area contributed by atoms with E-state index in [1.165, 1.54) is 24.6 Å². The number of hydrogen-bond donors (Lipinski definition) is 1. The third kappa shape index (κ3) is 5.08. The van der Waals surface area contributed by atoms with Gasteiger partial charge in [0, 0.05) is 19.3 Å². The van der Waals surface area contributed by atoms with E-state index in [0.29, 0.717) is 4.32 Å². The second kappa shape index (κ2) is 7.71. The molecule has 96 valence electrons. The summed E-state index contributed by atoms with van der Waals surface area (Å²) in [6.45, 7) is 6.38. The zero-order chi connectivity index (χ0) is 12.7. The van der Waals surface area contributed by atoms with Gasteiger partial charge in [0.05, 0.1) is 4.91 Å². The van der Waals surface area contributed by atoms with Crippen LogP contribution in [-0.4, -0.2) is 28.2 Å². The van der Waals surface area contributed by atoms with Crippen LogP contribution in [-0.2, 0) is 4.79 Å². The highest BCUT2D eigenvalue weighted by Gasteiger charge is 2.22. The van der Waals surface area contributed by atoms with Crippen LogP contribution in [0, 0.1) is 0 Å². The molecular weight excluding hydrogens is 252 g/mol. The first-order valence-corrected chi connectivity index (χ1v) is 7.38. The van der Waals surface area contributed by atoms with Gasteiger partial charge in [-0.25, -0.2) is 0 Å². The lowest BCUT2D eigenvalue weighted by Crippen LogP contribution is -2.22. The maximum Gasteiger partial charge on any atom is 0.265 e. The van der Waals surface area contributed by atoms with Gasteiger partial charge in [-0.2, -0.15) is 0 Å². The lowest BCUT2D eigenvalue weighted by atomic mass is 10.3.